The van der Waals surface area contributed by atoms with E-state index in [1.165, 1.54) is 12.8 Å². The summed E-state index contributed by atoms with van der Waals surface area (Å²) in [5.74, 6) is 0.305. The average Bonchev–Trinajstić information content (AvgIpc) is 2.54. The van der Waals surface area contributed by atoms with Crippen LogP contribution in [0.5, 0.6) is 0 Å². The standard InChI is InChI=1S/C16H30N2O.ClH/c1-6-7-17-12(2)14(19)18-11-16(5)9-13(18)8-15(3,4)10-16;/h12-13,17H,6-11H2,1-5H3;1H. The van der Waals surface area contributed by atoms with E-state index in [1.807, 2.05) is 6.92 Å². The molecule has 118 valence electrons. The monoisotopic (exact) mass is 302 g/mol. The molecule has 1 N–H and O–H groups in total. The van der Waals surface area contributed by atoms with Gasteiger partial charge in [-0.15, -0.1) is 12.4 Å². The van der Waals surface area contributed by atoms with Gasteiger partial charge in [0.05, 0.1) is 6.04 Å². The van der Waals surface area contributed by atoms with E-state index in [-0.39, 0.29) is 18.4 Å². The third-order valence-electron chi connectivity index (χ3n) is 4.77. The van der Waals surface area contributed by atoms with Gasteiger partial charge < -0.3 is 10.2 Å². The zero-order chi connectivity index (χ0) is 14.3. The summed E-state index contributed by atoms with van der Waals surface area (Å²) in [7, 11) is 0. The van der Waals surface area contributed by atoms with E-state index < -0.39 is 0 Å². The molecule has 2 aliphatic rings. The third kappa shape index (κ3) is 3.67. The Bertz CT molecular complexity index is 358. The molecule has 2 fully saturated rings. The molecule has 1 heterocycles. The van der Waals surface area contributed by atoms with Crippen LogP contribution < -0.4 is 5.32 Å². The molecule has 4 heteroatoms. The van der Waals surface area contributed by atoms with E-state index in [4.69, 9.17) is 0 Å². The van der Waals surface area contributed by atoms with Crippen molar-refractivity contribution in [3.63, 3.8) is 0 Å². The maximum atomic E-state index is 12.6. The van der Waals surface area contributed by atoms with Crippen LogP contribution in [0.15, 0.2) is 0 Å². The number of likely N-dealkylation sites (tertiary alicyclic amines) is 1. The van der Waals surface area contributed by atoms with Crippen molar-refractivity contribution in [1.29, 1.82) is 0 Å². The van der Waals surface area contributed by atoms with E-state index >= 15 is 0 Å². The second kappa shape index (κ2) is 6.23. The summed E-state index contributed by atoms with van der Waals surface area (Å²) in [4.78, 5) is 14.8. The lowest BCUT2D eigenvalue weighted by Gasteiger charge is -2.39. The number of carbonyl (C=O) groups is 1. The first kappa shape index (κ1) is 17.8. The van der Waals surface area contributed by atoms with Crippen molar-refractivity contribution in [3.05, 3.63) is 0 Å². The minimum atomic E-state index is -0.0361. The minimum Gasteiger partial charge on any atom is -0.338 e. The zero-order valence-corrected chi connectivity index (χ0v) is 14.5. The highest BCUT2D eigenvalue weighted by Crippen LogP contribution is 2.52. The van der Waals surface area contributed by atoms with E-state index in [9.17, 15) is 4.79 Å². The van der Waals surface area contributed by atoms with Crippen LogP contribution in [0.1, 0.15) is 60.3 Å². The molecular weight excluding hydrogens is 272 g/mol. The lowest BCUT2D eigenvalue weighted by Crippen LogP contribution is -2.47. The van der Waals surface area contributed by atoms with Crippen LogP contribution in [0.2, 0.25) is 0 Å². The first-order valence-corrected chi connectivity index (χ1v) is 7.80. The molecule has 0 aromatic rings. The topological polar surface area (TPSA) is 32.3 Å². The Balaban J connectivity index is 0.00000200. The van der Waals surface area contributed by atoms with Crippen LogP contribution in [0.25, 0.3) is 0 Å². The van der Waals surface area contributed by atoms with Crippen LogP contribution in [0.4, 0.5) is 0 Å². The molecular formula is C16H31ClN2O. The van der Waals surface area contributed by atoms with Crippen molar-refractivity contribution < 1.29 is 4.79 Å². The van der Waals surface area contributed by atoms with E-state index in [2.05, 4.69) is 37.9 Å². The van der Waals surface area contributed by atoms with Crippen molar-refractivity contribution >= 4 is 18.3 Å². The molecule has 20 heavy (non-hydrogen) atoms. The number of halogens is 1. The Hall–Kier alpha value is -0.280. The molecule has 0 spiro atoms. The van der Waals surface area contributed by atoms with Gasteiger partial charge in [-0.05, 0) is 50.0 Å². The minimum absolute atomic E-state index is 0. The number of fused-ring (bicyclic) bond motifs is 2. The predicted molar refractivity (Wildman–Crippen MR) is 86.2 cm³/mol. The summed E-state index contributed by atoms with van der Waals surface area (Å²) in [5.41, 5.74) is 0.722. The molecule has 1 saturated heterocycles. The van der Waals surface area contributed by atoms with Crippen LogP contribution in [-0.2, 0) is 4.79 Å². The average molecular weight is 303 g/mol. The van der Waals surface area contributed by atoms with Gasteiger partial charge >= 0.3 is 0 Å². The number of amides is 1. The number of hydrogen-bond acceptors (Lipinski definition) is 2. The Kier molecular flexibility index (Phi) is 5.53. The van der Waals surface area contributed by atoms with Gasteiger partial charge in [0.15, 0.2) is 0 Å². The molecule has 3 unspecified atom stereocenters. The quantitative estimate of drug-likeness (QED) is 0.865. The van der Waals surface area contributed by atoms with Crippen molar-refractivity contribution in [2.24, 2.45) is 10.8 Å². The van der Waals surface area contributed by atoms with Crippen LogP contribution in [0, 0.1) is 10.8 Å². The highest BCUT2D eigenvalue weighted by Gasteiger charge is 2.51. The summed E-state index contributed by atoms with van der Waals surface area (Å²) in [6, 6.07) is 0.429. The molecule has 1 amide bonds. The van der Waals surface area contributed by atoms with Crippen molar-refractivity contribution in [2.75, 3.05) is 13.1 Å². The number of rotatable bonds is 4. The highest BCUT2D eigenvalue weighted by atomic mass is 35.5. The van der Waals surface area contributed by atoms with Gasteiger partial charge in [0.2, 0.25) is 5.91 Å². The molecule has 0 aromatic carbocycles. The van der Waals surface area contributed by atoms with Gasteiger partial charge in [-0.2, -0.15) is 0 Å². The molecule has 0 radical (unpaired) electrons. The first-order valence-electron chi connectivity index (χ1n) is 7.80. The Morgan fingerprint density at radius 2 is 2.00 bits per heavy atom. The second-order valence-corrected chi connectivity index (χ2v) is 7.86. The number of nitrogens with one attached hydrogen (secondary N) is 1. The van der Waals surface area contributed by atoms with Gasteiger partial charge in [0, 0.05) is 12.6 Å². The zero-order valence-electron chi connectivity index (χ0n) is 13.7. The molecule has 3 atom stereocenters. The molecule has 2 bridgehead atoms. The Morgan fingerprint density at radius 1 is 1.35 bits per heavy atom. The van der Waals surface area contributed by atoms with Crippen molar-refractivity contribution in [2.45, 2.75) is 72.4 Å². The Labute approximate surface area is 130 Å². The number of nitrogens with zero attached hydrogens (tertiary/aromatic N) is 1. The van der Waals surface area contributed by atoms with Gasteiger partial charge in [-0.1, -0.05) is 27.7 Å². The van der Waals surface area contributed by atoms with Crippen LogP contribution in [0.3, 0.4) is 0 Å². The lowest BCUT2D eigenvalue weighted by molar-refractivity contribution is -0.134. The number of hydrogen-bond donors (Lipinski definition) is 1. The molecule has 3 nitrogen and oxygen atoms in total. The van der Waals surface area contributed by atoms with Gasteiger partial charge in [0.1, 0.15) is 0 Å². The number of carbonyl (C=O) groups excluding carboxylic acids is 1. The summed E-state index contributed by atoms with van der Waals surface area (Å²) in [6.07, 6.45) is 4.68. The smallest absolute Gasteiger partial charge is 0.239 e. The molecule has 1 aliphatic heterocycles. The highest BCUT2D eigenvalue weighted by molar-refractivity contribution is 5.85. The SMILES string of the molecule is CCCNC(C)C(=O)N1CC2(C)CC1CC(C)(C)C2.Cl. The maximum absolute atomic E-state index is 12.6. The first-order chi connectivity index (χ1) is 8.76. The van der Waals surface area contributed by atoms with Gasteiger partial charge in [-0.3, -0.25) is 4.79 Å². The van der Waals surface area contributed by atoms with Gasteiger partial charge in [0.25, 0.3) is 0 Å². The van der Waals surface area contributed by atoms with E-state index in [0.717, 1.165) is 25.9 Å². The molecule has 0 aromatic heterocycles. The van der Waals surface area contributed by atoms with Crippen LogP contribution >= 0.6 is 12.4 Å². The van der Waals surface area contributed by atoms with E-state index in [1.54, 1.807) is 0 Å². The molecule has 2 rings (SSSR count). The largest absolute Gasteiger partial charge is 0.338 e. The normalized spacial score (nSPS) is 32.6. The van der Waals surface area contributed by atoms with Crippen molar-refractivity contribution in [3.8, 4) is 0 Å². The second-order valence-electron chi connectivity index (χ2n) is 7.86. The Morgan fingerprint density at radius 3 is 2.60 bits per heavy atom. The summed E-state index contributed by atoms with van der Waals surface area (Å²) >= 11 is 0. The van der Waals surface area contributed by atoms with Crippen LogP contribution in [-0.4, -0.2) is 36.0 Å². The van der Waals surface area contributed by atoms with E-state index in [0.29, 0.717) is 22.8 Å². The van der Waals surface area contributed by atoms with Crippen molar-refractivity contribution in [1.82, 2.24) is 10.2 Å². The lowest BCUT2D eigenvalue weighted by atomic mass is 9.65. The fraction of sp³-hybridized carbons (Fsp3) is 0.938. The summed E-state index contributed by atoms with van der Waals surface area (Å²) in [5, 5.41) is 3.33. The van der Waals surface area contributed by atoms with Gasteiger partial charge in [-0.25, -0.2) is 0 Å². The fourth-order valence-corrected chi connectivity index (χ4v) is 4.41. The predicted octanol–water partition coefficient (Wildman–Crippen LogP) is 3.22. The fourth-order valence-electron chi connectivity index (χ4n) is 4.41. The maximum Gasteiger partial charge on any atom is 0.239 e. The molecule has 1 aliphatic carbocycles. The summed E-state index contributed by atoms with van der Waals surface area (Å²) in [6.45, 7) is 13.1. The summed E-state index contributed by atoms with van der Waals surface area (Å²) < 4.78 is 0. The molecule has 1 saturated carbocycles. The third-order valence-corrected chi connectivity index (χ3v) is 4.77.